The lowest BCUT2D eigenvalue weighted by molar-refractivity contribution is -0.300. The Morgan fingerprint density at radius 2 is 0.899 bits per heavy atom. The predicted octanol–water partition coefficient (Wildman–Crippen LogP) is 10.5. The van der Waals surface area contributed by atoms with E-state index in [1.54, 1.807) is 105 Å². The van der Waals surface area contributed by atoms with Crippen LogP contribution in [0, 0.1) is 0 Å². The van der Waals surface area contributed by atoms with Gasteiger partial charge in [0.1, 0.15) is 23.2 Å². The normalized spacial score (nSPS) is 18.4. The average molecular weight is 953 g/mol. The molecule has 12 nitrogen and oxygen atoms in total. The van der Waals surface area contributed by atoms with Gasteiger partial charge >= 0.3 is 17.9 Å². The van der Waals surface area contributed by atoms with Crippen molar-refractivity contribution in [2.45, 2.75) is 75.2 Å². The van der Waals surface area contributed by atoms with Crippen LogP contribution in [0.25, 0.3) is 0 Å². The van der Waals surface area contributed by atoms with Crippen LogP contribution in [-0.2, 0) is 38.4 Å². The predicted molar refractivity (Wildman–Crippen MR) is 263 cm³/mol. The molecule has 1 saturated heterocycles. The summed E-state index contributed by atoms with van der Waals surface area (Å²) in [6.07, 6.45) is -6.78. The topological polar surface area (TPSA) is 134 Å². The summed E-state index contributed by atoms with van der Waals surface area (Å²) in [5.41, 5.74) is 1.96. The fraction of sp³-hybridized carbons (Fsp3) is 0.304. The second-order valence-corrected chi connectivity index (χ2v) is 22.9. The van der Waals surface area contributed by atoms with Gasteiger partial charge in [0.15, 0.2) is 32.9 Å². The van der Waals surface area contributed by atoms with Crippen LogP contribution < -0.4 is 9.47 Å². The molecular formula is C56H60O12Si. The minimum Gasteiger partial charge on any atom is -0.497 e. The van der Waals surface area contributed by atoms with Crippen molar-refractivity contribution >= 4 is 26.2 Å². The van der Waals surface area contributed by atoms with Gasteiger partial charge in [-0.05, 0) is 95.5 Å². The Hall–Kier alpha value is -6.61. The number of hydrogen-bond acceptors (Lipinski definition) is 12. The lowest BCUT2D eigenvalue weighted by Crippen LogP contribution is -2.63. The van der Waals surface area contributed by atoms with E-state index in [1.807, 2.05) is 78.9 Å². The van der Waals surface area contributed by atoms with Crippen molar-refractivity contribution < 1.29 is 56.7 Å². The maximum Gasteiger partial charge on any atom is 0.338 e. The molecule has 1 aliphatic heterocycles. The monoisotopic (exact) mass is 952 g/mol. The number of hydrogen-bond donors (Lipinski definition) is 0. The zero-order chi connectivity index (χ0) is 49.0. The summed E-state index contributed by atoms with van der Waals surface area (Å²) in [5, 5.41) is -0.211. The van der Waals surface area contributed by atoms with E-state index in [1.165, 1.54) is 0 Å². The third-order valence-electron chi connectivity index (χ3n) is 12.6. The maximum atomic E-state index is 14.2. The Labute approximate surface area is 405 Å². The number of methoxy groups -OCH3 is 2. The van der Waals surface area contributed by atoms with Crippen LogP contribution in [0.15, 0.2) is 170 Å². The largest absolute Gasteiger partial charge is 0.497 e. The van der Waals surface area contributed by atoms with Crippen LogP contribution >= 0.6 is 0 Å². The zero-order valence-electron chi connectivity index (χ0n) is 40.1. The highest BCUT2D eigenvalue weighted by molar-refractivity contribution is 6.74. The smallest absolute Gasteiger partial charge is 0.338 e. The van der Waals surface area contributed by atoms with E-state index >= 15 is 0 Å². The first-order valence-corrected chi connectivity index (χ1v) is 25.8. The summed E-state index contributed by atoms with van der Waals surface area (Å²) in [7, 11) is 0.735. The molecule has 1 fully saturated rings. The zero-order valence-corrected chi connectivity index (χ0v) is 41.1. The molecule has 0 bridgehead atoms. The van der Waals surface area contributed by atoms with E-state index in [2.05, 4.69) is 33.9 Å². The number of rotatable bonds is 19. The Balaban J connectivity index is 1.29. The van der Waals surface area contributed by atoms with Gasteiger partial charge in [0.05, 0.1) is 50.7 Å². The van der Waals surface area contributed by atoms with Crippen LogP contribution in [-0.4, -0.2) is 91.0 Å². The molecule has 6 aromatic carbocycles. The standard InChI is InChI=1S/C56H60O12Si/c1-55(2,3)69(6,7)64-38-47-48(66-51(57)39-20-12-8-13-21-39)49(67-52(58)40-22-14-9-15-23-40)50(68-53(59)41-24-16-10-17-25-41)54(65-47)62-36-37-63-56(42-26-18-11-19-27-42,43-28-32-45(60-4)33-29-43)44-30-34-46(61-5)35-31-44/h8-35,47-50,54H,36-38H2,1-7H3/t47-,48-,49+,50+,54+/m1/s1. The fourth-order valence-electron chi connectivity index (χ4n) is 7.79. The Bertz CT molecular complexity index is 2520. The third-order valence-corrected chi connectivity index (χ3v) is 17.1. The molecule has 1 aliphatic rings. The van der Waals surface area contributed by atoms with Crippen molar-refractivity contribution in [1.82, 2.24) is 0 Å². The summed E-state index contributed by atoms with van der Waals surface area (Å²) in [4.78, 5) is 42.4. The molecule has 1 heterocycles. The van der Waals surface area contributed by atoms with Crippen molar-refractivity contribution in [3.63, 3.8) is 0 Å². The highest BCUT2D eigenvalue weighted by Gasteiger charge is 2.54. The first kappa shape index (κ1) is 50.3. The van der Waals surface area contributed by atoms with Crippen LogP contribution in [0.5, 0.6) is 11.5 Å². The Morgan fingerprint density at radius 3 is 1.32 bits per heavy atom. The third kappa shape index (κ3) is 12.0. The van der Waals surface area contributed by atoms with Crippen LogP contribution in [0.3, 0.4) is 0 Å². The van der Waals surface area contributed by atoms with Gasteiger partial charge < -0.3 is 42.3 Å². The first-order valence-electron chi connectivity index (χ1n) is 22.9. The molecule has 0 unspecified atom stereocenters. The molecule has 0 amide bonds. The maximum absolute atomic E-state index is 14.2. The van der Waals surface area contributed by atoms with E-state index in [0.29, 0.717) is 11.5 Å². The Kier molecular flexibility index (Phi) is 16.5. The van der Waals surface area contributed by atoms with E-state index in [4.69, 9.17) is 42.3 Å². The van der Waals surface area contributed by atoms with E-state index in [-0.39, 0.29) is 41.5 Å². The minimum absolute atomic E-state index is 0.0296. The number of esters is 3. The second kappa shape index (κ2) is 22.7. The fourth-order valence-corrected chi connectivity index (χ4v) is 8.80. The molecule has 360 valence electrons. The second-order valence-electron chi connectivity index (χ2n) is 18.0. The molecule has 0 spiro atoms. The average Bonchev–Trinajstić information content (AvgIpc) is 3.38. The van der Waals surface area contributed by atoms with Crippen LogP contribution in [0.2, 0.25) is 18.1 Å². The van der Waals surface area contributed by atoms with Crippen molar-refractivity contribution in [3.05, 3.63) is 203 Å². The van der Waals surface area contributed by atoms with Crippen molar-refractivity contribution in [1.29, 1.82) is 0 Å². The van der Waals surface area contributed by atoms with Crippen LogP contribution in [0.1, 0.15) is 68.5 Å². The van der Waals surface area contributed by atoms with Crippen molar-refractivity contribution in [2.24, 2.45) is 0 Å². The molecule has 7 rings (SSSR count). The highest BCUT2D eigenvalue weighted by Crippen LogP contribution is 2.42. The van der Waals surface area contributed by atoms with E-state index < -0.39 is 62.5 Å². The lowest BCUT2D eigenvalue weighted by Gasteiger charge is -2.46. The van der Waals surface area contributed by atoms with Gasteiger partial charge in [0.2, 0.25) is 0 Å². The number of ether oxygens (including phenoxy) is 8. The van der Waals surface area contributed by atoms with E-state index in [9.17, 15) is 14.4 Å². The van der Waals surface area contributed by atoms with Gasteiger partial charge in [-0.3, -0.25) is 0 Å². The first-order chi connectivity index (χ1) is 33.2. The molecule has 0 N–H and O–H groups in total. The molecule has 69 heavy (non-hydrogen) atoms. The Morgan fingerprint density at radius 1 is 0.507 bits per heavy atom. The van der Waals surface area contributed by atoms with E-state index in [0.717, 1.165) is 16.7 Å². The van der Waals surface area contributed by atoms with Gasteiger partial charge in [0, 0.05) is 0 Å². The summed E-state index contributed by atoms with van der Waals surface area (Å²) < 4.78 is 57.3. The quantitative estimate of drug-likeness (QED) is 0.0251. The molecule has 0 radical (unpaired) electrons. The number of carbonyl (C=O) groups is 3. The van der Waals surface area contributed by atoms with Gasteiger partial charge in [-0.15, -0.1) is 0 Å². The summed E-state index contributed by atoms with van der Waals surface area (Å²) in [5.74, 6) is -0.862. The minimum atomic E-state index is -2.49. The lowest BCUT2D eigenvalue weighted by atomic mass is 9.80. The molecule has 0 aromatic heterocycles. The summed E-state index contributed by atoms with van der Waals surface area (Å²) in [6, 6.07) is 50.4. The molecule has 13 heteroatoms. The van der Waals surface area contributed by atoms with Crippen molar-refractivity contribution in [2.75, 3.05) is 34.0 Å². The molecule has 6 aromatic rings. The number of benzene rings is 6. The van der Waals surface area contributed by atoms with Crippen LogP contribution in [0.4, 0.5) is 0 Å². The molecule has 0 saturated carbocycles. The molecule has 5 atom stereocenters. The number of carbonyl (C=O) groups excluding carboxylic acids is 3. The highest BCUT2D eigenvalue weighted by atomic mass is 28.4. The van der Waals surface area contributed by atoms with Gasteiger partial charge in [-0.25, -0.2) is 14.4 Å². The molecular weight excluding hydrogens is 893 g/mol. The van der Waals surface area contributed by atoms with Gasteiger partial charge in [-0.2, -0.15) is 0 Å². The molecule has 0 aliphatic carbocycles. The summed E-state index contributed by atoms with van der Waals surface area (Å²) in [6.45, 7) is 10.3. The van der Waals surface area contributed by atoms with Gasteiger partial charge in [-0.1, -0.05) is 130 Å². The SMILES string of the molecule is COc1ccc(C(OCCO[C@H]2O[C@H](CO[Si](C)(C)C(C)(C)C)[C@@H](OC(=O)c3ccccc3)[C@H](OC(=O)c3ccccc3)[C@@H]2OC(=O)c2ccccc2)(c2ccccc2)c2ccc(OC)cc2)cc1. The van der Waals surface area contributed by atoms with Gasteiger partial charge in [0.25, 0.3) is 0 Å². The summed E-state index contributed by atoms with van der Waals surface area (Å²) >= 11 is 0. The van der Waals surface area contributed by atoms with Crippen molar-refractivity contribution in [3.8, 4) is 11.5 Å².